The molecular weight excluding hydrogens is 515 g/mol. The number of allylic oxidation sites excluding steroid dienone is 1. The van der Waals surface area contributed by atoms with Crippen molar-refractivity contribution in [2.45, 2.75) is 105 Å². The molecule has 6 rings (SSSR count). The van der Waals surface area contributed by atoms with Crippen molar-refractivity contribution in [2.75, 3.05) is 0 Å². The molecule has 29 heavy (non-hydrogen) atoms. The average molecular weight is 541 g/mol. The number of alkyl halides is 1. The minimum absolute atomic E-state index is 0.00803. The van der Waals surface area contributed by atoms with E-state index in [1.54, 1.807) is 0 Å². The van der Waals surface area contributed by atoms with Crippen LogP contribution in [0.2, 0.25) is 0 Å². The van der Waals surface area contributed by atoms with Crippen LogP contribution in [0.3, 0.4) is 0 Å². The lowest BCUT2D eigenvalue weighted by molar-refractivity contribution is -0.292. The number of rotatable bonds is 7. The number of carboxylic acids is 1. The van der Waals surface area contributed by atoms with Crippen LogP contribution in [-0.4, -0.2) is 71.1 Å². The molecule has 162 valence electrons. The number of fused-ring (bicyclic) bond motifs is 1. The minimum Gasteiger partial charge on any atom is -0.481 e. The first-order valence-electron chi connectivity index (χ1n) is 10.3. The summed E-state index contributed by atoms with van der Waals surface area (Å²) in [5.41, 5.74) is 0. The van der Waals surface area contributed by atoms with Crippen molar-refractivity contribution in [3.63, 3.8) is 0 Å². The molecule has 0 radical (unpaired) electrons. The number of carbonyl (C=O) groups is 1. The zero-order valence-electron chi connectivity index (χ0n) is 16.0. The Kier molecular flexibility index (Phi) is 5.67. The monoisotopic (exact) mass is 540 g/mol. The largest absolute Gasteiger partial charge is 0.481 e. The summed E-state index contributed by atoms with van der Waals surface area (Å²) < 4.78 is 32.9. The van der Waals surface area contributed by atoms with Crippen LogP contribution in [0.4, 0.5) is 0 Å². The summed E-state index contributed by atoms with van der Waals surface area (Å²) in [5, 5.41) is 9.14. The molecule has 3 unspecified atom stereocenters. The third-order valence-electron chi connectivity index (χ3n) is 6.71. The molecule has 6 aliphatic rings. The van der Waals surface area contributed by atoms with Gasteiger partial charge in [0.1, 0.15) is 30.5 Å². The minimum atomic E-state index is -0.853. The third kappa shape index (κ3) is 3.87. The fourth-order valence-electron chi connectivity index (χ4n) is 5.54. The van der Waals surface area contributed by atoms with Gasteiger partial charge in [0.2, 0.25) is 0 Å². The van der Waals surface area contributed by atoms with Crippen LogP contribution in [0.15, 0.2) is 10.2 Å². The van der Waals surface area contributed by atoms with Crippen molar-refractivity contribution in [1.29, 1.82) is 0 Å². The molecule has 0 spiro atoms. The number of ether oxygens (including phenoxy) is 5. The number of aliphatic carboxylic acids is 1. The van der Waals surface area contributed by atoms with E-state index < -0.39 is 11.8 Å². The fraction of sp³-hybridized carbons (Fsp3) is 0.850. The van der Waals surface area contributed by atoms with Crippen LogP contribution >= 0.6 is 34.2 Å². The number of carboxylic acid groups (broad SMARTS) is 1. The van der Waals surface area contributed by atoms with Gasteiger partial charge in [0.25, 0.3) is 0 Å². The van der Waals surface area contributed by atoms with Crippen LogP contribution in [0.1, 0.15) is 44.9 Å². The molecule has 6 heterocycles. The molecule has 6 saturated heterocycles. The van der Waals surface area contributed by atoms with Crippen LogP contribution in [0.25, 0.3) is 0 Å². The highest BCUT2D eigenvalue weighted by Crippen LogP contribution is 2.54. The van der Waals surface area contributed by atoms with Crippen LogP contribution < -0.4 is 0 Å². The zero-order valence-corrected chi connectivity index (χ0v) is 18.9. The van der Waals surface area contributed by atoms with Gasteiger partial charge in [-0.05, 0) is 51.9 Å². The van der Waals surface area contributed by atoms with Gasteiger partial charge in [-0.25, -0.2) is 0 Å². The molecule has 9 heteroatoms. The van der Waals surface area contributed by atoms with E-state index in [0.29, 0.717) is 19.3 Å². The molecular formula is C20H26ClIO7. The van der Waals surface area contributed by atoms with Crippen LogP contribution in [0, 0.1) is 0 Å². The summed E-state index contributed by atoms with van der Waals surface area (Å²) >= 11 is 8.70. The smallest absolute Gasteiger partial charge is 0.305 e. The molecule has 0 amide bonds. The maximum absolute atomic E-state index is 11.2. The van der Waals surface area contributed by atoms with E-state index in [4.69, 9.17) is 40.4 Å². The van der Waals surface area contributed by atoms with Crippen molar-refractivity contribution in [3.8, 4) is 0 Å². The highest BCUT2D eigenvalue weighted by molar-refractivity contribution is 14.1. The Labute approximate surface area is 188 Å². The van der Waals surface area contributed by atoms with Crippen molar-refractivity contribution in [2.24, 2.45) is 0 Å². The van der Waals surface area contributed by atoms with Gasteiger partial charge in [0, 0.05) is 18.2 Å². The van der Waals surface area contributed by atoms with E-state index in [0.717, 1.165) is 22.8 Å². The van der Waals surface area contributed by atoms with E-state index in [1.807, 2.05) is 0 Å². The summed E-state index contributed by atoms with van der Waals surface area (Å²) in [6, 6.07) is 0. The van der Waals surface area contributed by atoms with Gasteiger partial charge in [-0.3, -0.25) is 4.79 Å². The maximum atomic E-state index is 11.2. The number of hydrogen-bond acceptors (Lipinski definition) is 6. The Bertz CT molecular complexity index is 692. The van der Waals surface area contributed by atoms with Gasteiger partial charge >= 0.3 is 5.97 Å². The molecule has 1 N–H and O–H groups in total. The Morgan fingerprint density at radius 2 is 1.83 bits per heavy atom. The lowest BCUT2D eigenvalue weighted by Gasteiger charge is -2.47. The second kappa shape index (κ2) is 7.86. The standard InChI is InChI=1S/C20H26ClIO7/c1-9(22)6-10(21)4-5-20-8-13-16(28-20)17-18(27-13)19(29-20)15-12(26-17)3-2-11(25-15)7-14(23)24/h10-13,15-19H,1-8H2,(H,23,24)/t10-,11-,12+,13-,15+,16?,17+,18?,19?,20+/m1/s1. The van der Waals surface area contributed by atoms with Gasteiger partial charge in [-0.1, -0.05) is 6.58 Å². The summed E-state index contributed by atoms with van der Waals surface area (Å²) in [6.45, 7) is 3.93. The van der Waals surface area contributed by atoms with Crippen molar-refractivity contribution < 1.29 is 33.6 Å². The number of halogens is 2. The fourth-order valence-corrected chi connectivity index (χ4v) is 6.63. The van der Waals surface area contributed by atoms with Crippen LogP contribution in [0.5, 0.6) is 0 Å². The number of hydrogen-bond donors (Lipinski definition) is 1. The van der Waals surface area contributed by atoms with Crippen molar-refractivity contribution >= 4 is 40.2 Å². The first-order valence-corrected chi connectivity index (χ1v) is 11.9. The second-order valence-electron chi connectivity index (χ2n) is 8.81. The summed E-state index contributed by atoms with van der Waals surface area (Å²) in [4.78, 5) is 11.2. The Balaban J connectivity index is 1.34. The molecule has 0 aromatic carbocycles. The van der Waals surface area contributed by atoms with Gasteiger partial charge in [-0.2, -0.15) is 0 Å². The molecule has 6 bridgehead atoms. The highest BCUT2D eigenvalue weighted by Gasteiger charge is 2.68. The van der Waals surface area contributed by atoms with Gasteiger partial charge in [0.15, 0.2) is 5.79 Å². The summed E-state index contributed by atoms with van der Waals surface area (Å²) in [7, 11) is 0. The van der Waals surface area contributed by atoms with Gasteiger partial charge in [-0.15, -0.1) is 11.6 Å². The van der Waals surface area contributed by atoms with E-state index in [-0.39, 0.29) is 60.6 Å². The van der Waals surface area contributed by atoms with E-state index in [9.17, 15) is 4.79 Å². The topological polar surface area (TPSA) is 83.5 Å². The molecule has 0 aliphatic carbocycles. The highest BCUT2D eigenvalue weighted by atomic mass is 127. The first-order chi connectivity index (χ1) is 13.8. The Hall–Kier alpha value is 0.0300. The molecule has 6 fully saturated rings. The van der Waals surface area contributed by atoms with E-state index in [2.05, 4.69) is 29.2 Å². The predicted molar refractivity (Wildman–Crippen MR) is 111 cm³/mol. The summed E-state index contributed by atoms with van der Waals surface area (Å²) in [5.74, 6) is -1.60. The predicted octanol–water partition coefficient (Wildman–Crippen LogP) is 3.15. The van der Waals surface area contributed by atoms with Gasteiger partial charge in [0.05, 0.1) is 24.7 Å². The molecule has 0 aromatic rings. The molecule has 10 atom stereocenters. The second-order valence-corrected chi connectivity index (χ2v) is 11.0. The third-order valence-corrected chi connectivity index (χ3v) is 7.53. The quantitative estimate of drug-likeness (QED) is 0.392. The van der Waals surface area contributed by atoms with Crippen molar-refractivity contribution in [1.82, 2.24) is 0 Å². The van der Waals surface area contributed by atoms with Crippen LogP contribution in [-0.2, 0) is 28.5 Å². The SMILES string of the molecule is C=C(I)C[C@H](Cl)CC[C@@]12C[C@H]3OC4C(O1)[C@H]1O[C@@H](CC(=O)O)CC[C@@H]1O[C@H]4C3O2. The Morgan fingerprint density at radius 3 is 2.59 bits per heavy atom. The lowest BCUT2D eigenvalue weighted by Crippen LogP contribution is -2.61. The summed E-state index contributed by atoms with van der Waals surface area (Å²) in [6.07, 6.45) is 2.61. The van der Waals surface area contributed by atoms with Gasteiger partial charge < -0.3 is 28.8 Å². The van der Waals surface area contributed by atoms with Crippen molar-refractivity contribution in [3.05, 3.63) is 10.2 Å². The lowest BCUT2D eigenvalue weighted by atomic mass is 9.87. The maximum Gasteiger partial charge on any atom is 0.305 e. The molecule has 6 aliphatic heterocycles. The molecule has 0 saturated carbocycles. The molecule has 7 nitrogen and oxygen atoms in total. The molecule has 0 aromatic heterocycles. The average Bonchev–Trinajstić information content (AvgIpc) is 3.04. The Morgan fingerprint density at radius 1 is 1.10 bits per heavy atom. The zero-order chi connectivity index (χ0) is 20.3. The normalized spacial score (nSPS) is 48.2. The van der Waals surface area contributed by atoms with E-state index in [1.165, 1.54) is 0 Å². The van der Waals surface area contributed by atoms with E-state index >= 15 is 0 Å². The first kappa shape index (κ1) is 20.9.